The Morgan fingerprint density at radius 3 is 2.57 bits per heavy atom. The van der Waals surface area contributed by atoms with Crippen molar-refractivity contribution in [1.82, 2.24) is 5.32 Å². The van der Waals surface area contributed by atoms with Crippen LogP contribution in [0.3, 0.4) is 0 Å². The van der Waals surface area contributed by atoms with E-state index in [4.69, 9.17) is 14.2 Å². The van der Waals surface area contributed by atoms with Gasteiger partial charge in [0.2, 0.25) is 11.8 Å². The van der Waals surface area contributed by atoms with Gasteiger partial charge in [-0.3, -0.25) is 14.9 Å². The Bertz CT molecular complexity index is 779. The molecule has 1 aliphatic carbocycles. The molecule has 7 heteroatoms. The standard InChI is InChI=1S/C21H26N2O5/c24-18-5-4-17(20(25)22-18)23-10-11-26-19-15(2-1-3-16(19)23)14-6-8-21(9-7-14)27-12-13-28-21/h1-3,14,17H,4-13H2,(H,22,24,25)/t17-/m0/s1. The third-order valence-electron chi connectivity index (χ3n) is 6.50. The van der Waals surface area contributed by atoms with Crippen molar-refractivity contribution in [2.75, 3.05) is 31.3 Å². The lowest BCUT2D eigenvalue weighted by atomic mass is 9.80. The molecule has 1 N–H and O–H groups in total. The van der Waals surface area contributed by atoms with Crippen LogP contribution in [0.1, 0.15) is 50.0 Å². The SMILES string of the molecule is O=C1CC[C@H](N2CCOc3c(C4CCC5(CC4)OCCO5)cccc32)C(=O)N1. The van der Waals surface area contributed by atoms with Gasteiger partial charge in [-0.05, 0) is 36.8 Å². The Morgan fingerprint density at radius 2 is 1.82 bits per heavy atom. The number of benzene rings is 1. The highest BCUT2D eigenvalue weighted by atomic mass is 16.7. The van der Waals surface area contributed by atoms with Crippen LogP contribution in [0.5, 0.6) is 5.75 Å². The van der Waals surface area contributed by atoms with Gasteiger partial charge in [0, 0.05) is 19.3 Å². The van der Waals surface area contributed by atoms with E-state index in [1.165, 1.54) is 5.56 Å². The number of nitrogens with one attached hydrogen (secondary N) is 1. The van der Waals surface area contributed by atoms with E-state index in [0.29, 0.717) is 45.1 Å². The molecule has 150 valence electrons. The largest absolute Gasteiger partial charge is 0.489 e. The number of hydrogen-bond donors (Lipinski definition) is 1. The average molecular weight is 386 g/mol. The van der Waals surface area contributed by atoms with Gasteiger partial charge in [-0.15, -0.1) is 0 Å². The summed E-state index contributed by atoms with van der Waals surface area (Å²) < 4.78 is 17.8. The first-order valence-electron chi connectivity index (χ1n) is 10.3. The molecule has 2 saturated heterocycles. The van der Waals surface area contributed by atoms with Gasteiger partial charge in [0.25, 0.3) is 0 Å². The zero-order valence-corrected chi connectivity index (χ0v) is 15.9. The summed E-state index contributed by atoms with van der Waals surface area (Å²) in [6.07, 6.45) is 4.73. The molecule has 28 heavy (non-hydrogen) atoms. The van der Waals surface area contributed by atoms with Crippen molar-refractivity contribution in [2.45, 2.75) is 56.3 Å². The fourth-order valence-electron chi connectivity index (χ4n) is 5.07. The highest BCUT2D eigenvalue weighted by molar-refractivity contribution is 6.01. The van der Waals surface area contributed by atoms with Gasteiger partial charge in [0.1, 0.15) is 18.4 Å². The molecule has 3 heterocycles. The Labute approximate surface area is 164 Å². The molecular weight excluding hydrogens is 360 g/mol. The number of fused-ring (bicyclic) bond motifs is 1. The minimum Gasteiger partial charge on any atom is -0.489 e. The highest BCUT2D eigenvalue weighted by Crippen LogP contribution is 2.47. The van der Waals surface area contributed by atoms with Crippen molar-refractivity contribution in [1.29, 1.82) is 0 Å². The molecule has 0 bridgehead atoms. The Kier molecular flexibility index (Phi) is 4.51. The second-order valence-electron chi connectivity index (χ2n) is 8.09. The number of anilines is 1. The number of ether oxygens (including phenoxy) is 3. The van der Waals surface area contributed by atoms with Crippen molar-refractivity contribution >= 4 is 17.5 Å². The first-order chi connectivity index (χ1) is 13.7. The topological polar surface area (TPSA) is 77.1 Å². The summed E-state index contributed by atoms with van der Waals surface area (Å²) in [5.41, 5.74) is 2.18. The third kappa shape index (κ3) is 3.06. The van der Waals surface area contributed by atoms with Crippen LogP contribution in [-0.4, -0.2) is 50.0 Å². The monoisotopic (exact) mass is 386 g/mol. The van der Waals surface area contributed by atoms with Crippen LogP contribution >= 0.6 is 0 Å². The van der Waals surface area contributed by atoms with E-state index in [2.05, 4.69) is 22.3 Å². The zero-order valence-electron chi connectivity index (χ0n) is 15.9. The average Bonchev–Trinajstić information content (AvgIpc) is 3.16. The van der Waals surface area contributed by atoms with E-state index in [1.54, 1.807) is 0 Å². The number of para-hydroxylation sites is 1. The molecule has 2 amide bonds. The van der Waals surface area contributed by atoms with E-state index in [1.807, 2.05) is 6.07 Å². The normalized spacial score (nSPS) is 27.4. The molecule has 1 saturated carbocycles. The van der Waals surface area contributed by atoms with Crippen molar-refractivity contribution in [3.8, 4) is 5.75 Å². The number of rotatable bonds is 2. The van der Waals surface area contributed by atoms with Crippen LogP contribution in [0.4, 0.5) is 5.69 Å². The second kappa shape index (κ2) is 7.04. The minimum absolute atomic E-state index is 0.184. The maximum atomic E-state index is 12.4. The Hall–Kier alpha value is -2.12. The van der Waals surface area contributed by atoms with Crippen LogP contribution in [0.2, 0.25) is 0 Å². The van der Waals surface area contributed by atoms with Crippen molar-refractivity contribution < 1.29 is 23.8 Å². The van der Waals surface area contributed by atoms with Gasteiger partial charge in [-0.1, -0.05) is 12.1 Å². The van der Waals surface area contributed by atoms with Crippen molar-refractivity contribution in [2.24, 2.45) is 0 Å². The smallest absolute Gasteiger partial charge is 0.249 e. The van der Waals surface area contributed by atoms with Gasteiger partial charge >= 0.3 is 0 Å². The summed E-state index contributed by atoms with van der Waals surface area (Å²) in [5, 5.41) is 2.48. The van der Waals surface area contributed by atoms with E-state index < -0.39 is 0 Å². The van der Waals surface area contributed by atoms with Gasteiger partial charge < -0.3 is 19.1 Å². The van der Waals surface area contributed by atoms with E-state index in [0.717, 1.165) is 37.1 Å². The summed E-state index contributed by atoms with van der Waals surface area (Å²) in [6, 6.07) is 5.90. The number of carbonyl (C=O) groups excluding carboxylic acids is 2. The molecule has 1 atom stereocenters. The van der Waals surface area contributed by atoms with E-state index in [9.17, 15) is 9.59 Å². The molecule has 3 fully saturated rings. The summed E-state index contributed by atoms with van der Waals surface area (Å²) in [5.74, 6) is 0.536. The van der Waals surface area contributed by atoms with Crippen molar-refractivity contribution in [3.63, 3.8) is 0 Å². The molecule has 3 aliphatic heterocycles. The number of nitrogens with zero attached hydrogens (tertiary/aromatic N) is 1. The van der Waals surface area contributed by atoms with Crippen LogP contribution in [0, 0.1) is 0 Å². The zero-order chi connectivity index (χ0) is 19.1. The summed E-state index contributed by atoms with van der Waals surface area (Å²) >= 11 is 0. The van der Waals surface area contributed by atoms with Crippen LogP contribution in [-0.2, 0) is 19.1 Å². The first-order valence-corrected chi connectivity index (χ1v) is 10.3. The molecule has 1 spiro atoms. The minimum atomic E-state index is -0.370. The maximum absolute atomic E-state index is 12.4. The molecule has 0 radical (unpaired) electrons. The van der Waals surface area contributed by atoms with Gasteiger partial charge in [0.05, 0.1) is 25.4 Å². The molecule has 0 aromatic heterocycles. The number of carbonyl (C=O) groups is 2. The predicted octanol–water partition coefficient (Wildman–Crippen LogP) is 2.09. The molecule has 1 aromatic carbocycles. The van der Waals surface area contributed by atoms with Gasteiger partial charge in [0.15, 0.2) is 5.79 Å². The number of piperidine rings is 1. The lowest BCUT2D eigenvalue weighted by molar-refractivity contribution is -0.178. The number of amides is 2. The van der Waals surface area contributed by atoms with E-state index >= 15 is 0 Å². The Balaban J connectivity index is 1.39. The molecular formula is C21H26N2O5. The molecule has 5 rings (SSSR count). The lowest BCUT2D eigenvalue weighted by Gasteiger charge is -2.40. The van der Waals surface area contributed by atoms with Gasteiger partial charge in [-0.25, -0.2) is 0 Å². The quantitative estimate of drug-likeness (QED) is 0.785. The lowest BCUT2D eigenvalue weighted by Crippen LogP contribution is -2.54. The number of imide groups is 1. The molecule has 0 unspecified atom stereocenters. The summed E-state index contributed by atoms with van der Waals surface area (Å²) in [7, 11) is 0. The third-order valence-corrected chi connectivity index (χ3v) is 6.50. The number of hydrogen-bond acceptors (Lipinski definition) is 6. The first kappa shape index (κ1) is 17.9. The summed E-state index contributed by atoms with van der Waals surface area (Å²) in [4.78, 5) is 26.0. The predicted molar refractivity (Wildman–Crippen MR) is 101 cm³/mol. The molecule has 7 nitrogen and oxygen atoms in total. The van der Waals surface area contributed by atoms with Crippen molar-refractivity contribution in [3.05, 3.63) is 23.8 Å². The van der Waals surface area contributed by atoms with Crippen LogP contribution in [0.15, 0.2) is 18.2 Å². The fraction of sp³-hybridized carbons (Fsp3) is 0.619. The maximum Gasteiger partial charge on any atom is 0.249 e. The highest BCUT2D eigenvalue weighted by Gasteiger charge is 2.42. The fourth-order valence-corrected chi connectivity index (χ4v) is 5.07. The van der Waals surface area contributed by atoms with E-state index in [-0.39, 0.29) is 23.6 Å². The van der Waals surface area contributed by atoms with Crippen LogP contribution in [0.25, 0.3) is 0 Å². The second-order valence-corrected chi connectivity index (χ2v) is 8.09. The Morgan fingerprint density at radius 1 is 1.04 bits per heavy atom. The van der Waals surface area contributed by atoms with Gasteiger partial charge in [-0.2, -0.15) is 0 Å². The molecule has 1 aromatic rings. The van der Waals surface area contributed by atoms with Crippen LogP contribution < -0.4 is 15.0 Å². The molecule has 4 aliphatic rings. The summed E-state index contributed by atoms with van der Waals surface area (Å²) in [6.45, 7) is 2.58.